The lowest BCUT2D eigenvalue weighted by molar-refractivity contribution is 0.271. The second-order valence-electron chi connectivity index (χ2n) is 3.62. The van der Waals surface area contributed by atoms with E-state index in [1.807, 2.05) is 18.2 Å². The molecule has 0 aliphatic heterocycles. The molecule has 0 atom stereocenters. The lowest BCUT2D eigenvalue weighted by Crippen LogP contribution is -1.99. The Labute approximate surface area is 110 Å². The molecule has 94 valence electrons. The topological polar surface area (TPSA) is 51.6 Å². The molecule has 1 aromatic carbocycles. The number of pyridine rings is 1. The van der Waals surface area contributed by atoms with Gasteiger partial charge in [0.2, 0.25) is 0 Å². The van der Waals surface area contributed by atoms with Crippen LogP contribution in [0.3, 0.4) is 0 Å². The van der Waals surface area contributed by atoms with E-state index in [4.69, 9.17) is 21.1 Å². The van der Waals surface area contributed by atoms with Crippen LogP contribution in [-0.4, -0.2) is 17.2 Å². The van der Waals surface area contributed by atoms with Crippen molar-refractivity contribution in [3.8, 4) is 17.4 Å². The molecule has 0 spiro atoms. The maximum absolute atomic E-state index is 9.27. The van der Waals surface area contributed by atoms with Crippen LogP contribution in [0.15, 0.2) is 36.5 Å². The zero-order chi connectivity index (χ0) is 13.0. The summed E-state index contributed by atoms with van der Waals surface area (Å²) in [4.78, 5) is 3.96. The molecule has 0 fully saturated rings. The van der Waals surface area contributed by atoms with E-state index in [1.54, 1.807) is 6.07 Å². The van der Waals surface area contributed by atoms with Crippen molar-refractivity contribution in [2.24, 2.45) is 0 Å². The average Bonchev–Trinajstić information content (AvgIpc) is 2.37. The van der Waals surface area contributed by atoms with Crippen LogP contribution in [0.4, 0.5) is 0 Å². The highest BCUT2D eigenvalue weighted by molar-refractivity contribution is 6.30. The fourth-order valence-corrected chi connectivity index (χ4v) is 1.67. The number of methoxy groups -OCH3 is 1. The maximum atomic E-state index is 9.27. The summed E-state index contributed by atoms with van der Waals surface area (Å²) in [5.74, 6) is 0.745. The second-order valence-corrected chi connectivity index (χ2v) is 4.06. The molecule has 0 saturated heterocycles. The third-order valence-corrected chi connectivity index (χ3v) is 2.52. The first kappa shape index (κ1) is 12.5. The summed E-state index contributed by atoms with van der Waals surface area (Å²) in [6.07, 6.45) is 1.30. The van der Waals surface area contributed by atoms with Gasteiger partial charge in [0.25, 0.3) is 5.88 Å². The smallest absolute Gasteiger partial charge is 0.257 e. The molecule has 5 heteroatoms. The van der Waals surface area contributed by atoms with Gasteiger partial charge < -0.3 is 14.6 Å². The number of hydrogen-bond acceptors (Lipinski definition) is 4. The number of aromatic hydroxyl groups is 1. The molecular weight excluding hydrogens is 254 g/mol. The summed E-state index contributed by atoms with van der Waals surface area (Å²) in [5.41, 5.74) is 0.930. The molecule has 1 heterocycles. The number of ether oxygens (including phenoxy) is 2. The van der Waals surface area contributed by atoms with Crippen molar-refractivity contribution < 1.29 is 14.6 Å². The summed E-state index contributed by atoms with van der Waals surface area (Å²) in [6.45, 7) is 0.328. The summed E-state index contributed by atoms with van der Waals surface area (Å²) in [5, 5.41) is 9.93. The number of hydrogen-bond donors (Lipinski definition) is 1. The molecule has 0 amide bonds. The van der Waals surface area contributed by atoms with Crippen molar-refractivity contribution in [2.45, 2.75) is 6.61 Å². The first-order valence-corrected chi connectivity index (χ1v) is 5.67. The molecule has 18 heavy (non-hydrogen) atoms. The summed E-state index contributed by atoms with van der Waals surface area (Å²) < 4.78 is 10.6. The predicted molar refractivity (Wildman–Crippen MR) is 68.2 cm³/mol. The Morgan fingerprint density at radius 1 is 1.33 bits per heavy atom. The van der Waals surface area contributed by atoms with Gasteiger partial charge >= 0.3 is 0 Å². The van der Waals surface area contributed by atoms with Gasteiger partial charge in [-0.25, -0.2) is 4.98 Å². The Hall–Kier alpha value is -1.94. The lowest BCUT2D eigenvalue weighted by Gasteiger charge is -2.09. The van der Waals surface area contributed by atoms with Crippen molar-refractivity contribution in [1.29, 1.82) is 0 Å². The minimum absolute atomic E-state index is 0.0296. The molecule has 0 saturated carbocycles. The molecule has 1 aromatic heterocycles. The van der Waals surface area contributed by atoms with Crippen LogP contribution in [0.2, 0.25) is 5.02 Å². The van der Waals surface area contributed by atoms with Crippen LogP contribution in [-0.2, 0) is 6.61 Å². The van der Waals surface area contributed by atoms with Crippen molar-refractivity contribution in [3.63, 3.8) is 0 Å². The van der Waals surface area contributed by atoms with E-state index in [2.05, 4.69) is 4.98 Å². The van der Waals surface area contributed by atoms with E-state index in [-0.39, 0.29) is 5.75 Å². The molecule has 0 unspecified atom stereocenters. The molecule has 0 aliphatic carbocycles. The van der Waals surface area contributed by atoms with Gasteiger partial charge in [0.05, 0.1) is 13.3 Å². The highest BCUT2D eigenvalue weighted by atomic mass is 35.5. The van der Waals surface area contributed by atoms with Crippen LogP contribution in [0, 0.1) is 0 Å². The lowest BCUT2D eigenvalue weighted by atomic mass is 10.2. The van der Waals surface area contributed by atoms with Gasteiger partial charge in [-0.1, -0.05) is 23.7 Å². The first-order valence-electron chi connectivity index (χ1n) is 5.29. The van der Waals surface area contributed by atoms with Gasteiger partial charge in [-0.3, -0.25) is 0 Å². The molecule has 4 nitrogen and oxygen atoms in total. The van der Waals surface area contributed by atoms with E-state index in [9.17, 15) is 5.11 Å². The fraction of sp³-hybridized carbons (Fsp3) is 0.154. The van der Waals surface area contributed by atoms with Crippen LogP contribution in [0.5, 0.6) is 17.4 Å². The van der Waals surface area contributed by atoms with E-state index in [0.29, 0.717) is 23.3 Å². The highest BCUT2D eigenvalue weighted by Crippen LogP contribution is 2.28. The van der Waals surface area contributed by atoms with Crippen LogP contribution in [0.1, 0.15) is 5.56 Å². The Bertz CT molecular complexity index is 546. The Morgan fingerprint density at radius 2 is 2.17 bits per heavy atom. The average molecular weight is 266 g/mol. The van der Waals surface area contributed by atoms with Crippen molar-refractivity contribution in [2.75, 3.05) is 7.11 Å². The van der Waals surface area contributed by atoms with Crippen molar-refractivity contribution in [3.05, 3.63) is 47.1 Å². The van der Waals surface area contributed by atoms with Gasteiger partial charge in [0.15, 0.2) is 5.75 Å². The SMILES string of the molecule is COc1cc(O)cnc1OCc1cccc(Cl)c1. The Morgan fingerprint density at radius 3 is 2.89 bits per heavy atom. The van der Waals surface area contributed by atoms with Crippen molar-refractivity contribution >= 4 is 11.6 Å². The van der Waals surface area contributed by atoms with Gasteiger partial charge in [-0.15, -0.1) is 0 Å². The van der Waals surface area contributed by atoms with Crippen LogP contribution in [0.25, 0.3) is 0 Å². The van der Waals surface area contributed by atoms with Gasteiger partial charge in [-0.2, -0.15) is 0 Å². The summed E-state index contributed by atoms with van der Waals surface area (Å²) >= 11 is 5.88. The Balaban J connectivity index is 2.10. The van der Waals surface area contributed by atoms with E-state index >= 15 is 0 Å². The molecule has 2 rings (SSSR count). The monoisotopic (exact) mass is 265 g/mol. The Kier molecular flexibility index (Phi) is 3.89. The normalized spacial score (nSPS) is 10.1. The standard InChI is InChI=1S/C13H12ClNO3/c1-17-12-6-11(16)7-15-13(12)18-8-9-3-2-4-10(14)5-9/h2-7,16H,8H2,1H3. The quantitative estimate of drug-likeness (QED) is 0.923. The predicted octanol–water partition coefficient (Wildman–Crippen LogP) is 3.03. The number of nitrogens with zero attached hydrogens (tertiary/aromatic N) is 1. The zero-order valence-electron chi connectivity index (χ0n) is 9.76. The second kappa shape index (κ2) is 5.60. The van der Waals surface area contributed by atoms with Gasteiger partial charge in [0, 0.05) is 11.1 Å². The van der Waals surface area contributed by atoms with Crippen LogP contribution >= 0.6 is 11.6 Å². The molecular formula is C13H12ClNO3. The minimum atomic E-state index is 0.0296. The summed E-state index contributed by atoms with van der Waals surface area (Å²) in [6, 6.07) is 8.81. The molecule has 1 N–H and O–H groups in total. The van der Waals surface area contributed by atoms with E-state index in [0.717, 1.165) is 5.56 Å². The maximum Gasteiger partial charge on any atom is 0.257 e. The van der Waals surface area contributed by atoms with Gasteiger partial charge in [0.1, 0.15) is 12.4 Å². The largest absolute Gasteiger partial charge is 0.506 e. The van der Waals surface area contributed by atoms with E-state index < -0.39 is 0 Å². The van der Waals surface area contributed by atoms with E-state index in [1.165, 1.54) is 19.4 Å². The first-order chi connectivity index (χ1) is 8.69. The molecule has 0 aliphatic rings. The number of halogens is 1. The molecule has 0 bridgehead atoms. The number of benzene rings is 1. The van der Waals surface area contributed by atoms with Gasteiger partial charge in [-0.05, 0) is 17.7 Å². The number of aromatic nitrogens is 1. The number of rotatable bonds is 4. The zero-order valence-corrected chi connectivity index (χ0v) is 10.5. The fourth-order valence-electron chi connectivity index (χ4n) is 1.45. The highest BCUT2D eigenvalue weighted by Gasteiger charge is 2.07. The third-order valence-electron chi connectivity index (χ3n) is 2.29. The summed E-state index contributed by atoms with van der Waals surface area (Å²) in [7, 11) is 1.49. The van der Waals surface area contributed by atoms with Crippen molar-refractivity contribution in [1.82, 2.24) is 4.98 Å². The molecule has 0 radical (unpaired) electrons. The van der Waals surface area contributed by atoms with Crippen LogP contribution < -0.4 is 9.47 Å². The minimum Gasteiger partial charge on any atom is -0.506 e. The third kappa shape index (κ3) is 3.05. The molecule has 2 aromatic rings.